The minimum Gasteiger partial charge on any atom is -0.497 e. The molecule has 0 saturated heterocycles. The Morgan fingerprint density at radius 1 is 1.11 bits per heavy atom. The van der Waals surface area contributed by atoms with Crippen molar-refractivity contribution >= 4 is 27.3 Å². The maximum Gasteiger partial charge on any atom is 0.232 e. The summed E-state index contributed by atoms with van der Waals surface area (Å²) in [5, 5.41) is 2.77. The number of benzene rings is 2. The van der Waals surface area contributed by atoms with Crippen molar-refractivity contribution in [3.05, 3.63) is 53.1 Å². The Morgan fingerprint density at radius 2 is 1.74 bits per heavy atom. The Hall–Kier alpha value is -2.54. The number of aryl methyl sites for hydroxylation is 3. The van der Waals surface area contributed by atoms with Crippen LogP contribution in [0, 0.1) is 20.8 Å². The van der Waals surface area contributed by atoms with Crippen LogP contribution < -0.4 is 14.4 Å². The predicted molar refractivity (Wildman–Crippen MR) is 109 cm³/mol. The van der Waals surface area contributed by atoms with Crippen LogP contribution in [-0.2, 0) is 14.8 Å². The first-order chi connectivity index (χ1) is 12.6. The Bertz CT molecular complexity index is 916. The van der Waals surface area contributed by atoms with Gasteiger partial charge in [0.1, 0.15) is 5.75 Å². The van der Waals surface area contributed by atoms with Gasteiger partial charge in [-0.1, -0.05) is 23.8 Å². The topological polar surface area (TPSA) is 75.7 Å². The van der Waals surface area contributed by atoms with Gasteiger partial charge in [-0.05, 0) is 44.0 Å². The van der Waals surface area contributed by atoms with E-state index >= 15 is 0 Å². The fourth-order valence-electron chi connectivity index (χ4n) is 3.14. The Balaban J connectivity index is 2.17. The van der Waals surface area contributed by atoms with Crippen molar-refractivity contribution < 1.29 is 17.9 Å². The van der Waals surface area contributed by atoms with Crippen LogP contribution in [0.2, 0.25) is 0 Å². The average Bonchev–Trinajstić information content (AvgIpc) is 2.56. The van der Waals surface area contributed by atoms with E-state index in [1.807, 2.05) is 32.9 Å². The zero-order chi connectivity index (χ0) is 20.2. The number of sulfonamides is 1. The lowest BCUT2D eigenvalue weighted by molar-refractivity contribution is -0.116. The van der Waals surface area contributed by atoms with Crippen LogP contribution in [0.1, 0.15) is 23.1 Å². The summed E-state index contributed by atoms with van der Waals surface area (Å²) in [6, 6.07) is 10.9. The molecule has 146 valence electrons. The van der Waals surface area contributed by atoms with Crippen LogP contribution in [0.15, 0.2) is 36.4 Å². The van der Waals surface area contributed by atoms with Gasteiger partial charge in [0.25, 0.3) is 0 Å². The normalized spacial score (nSPS) is 11.1. The van der Waals surface area contributed by atoms with Gasteiger partial charge in [-0.15, -0.1) is 0 Å². The second-order valence-electron chi connectivity index (χ2n) is 6.61. The second-order valence-corrected chi connectivity index (χ2v) is 8.52. The number of carbonyl (C=O) groups excluding carboxylic acids is 1. The molecule has 0 aliphatic rings. The van der Waals surface area contributed by atoms with Crippen molar-refractivity contribution in [3.63, 3.8) is 0 Å². The van der Waals surface area contributed by atoms with E-state index in [1.54, 1.807) is 31.4 Å². The van der Waals surface area contributed by atoms with Crippen molar-refractivity contribution in [2.45, 2.75) is 27.2 Å². The molecule has 2 aromatic rings. The smallest absolute Gasteiger partial charge is 0.232 e. The van der Waals surface area contributed by atoms with Gasteiger partial charge in [0.05, 0.1) is 19.1 Å². The first-order valence-electron chi connectivity index (χ1n) is 8.61. The summed E-state index contributed by atoms with van der Waals surface area (Å²) in [6.45, 7) is 5.79. The lowest BCUT2D eigenvalue weighted by Crippen LogP contribution is -2.34. The molecule has 1 N–H and O–H groups in total. The molecular weight excluding hydrogens is 364 g/mol. The molecule has 0 unspecified atom stereocenters. The molecule has 2 aromatic carbocycles. The third-order valence-electron chi connectivity index (χ3n) is 4.18. The van der Waals surface area contributed by atoms with Crippen LogP contribution in [-0.4, -0.2) is 34.2 Å². The molecular formula is C20H26N2O4S. The number of rotatable bonds is 7. The average molecular weight is 391 g/mol. The first-order valence-corrected chi connectivity index (χ1v) is 10.5. The van der Waals surface area contributed by atoms with Gasteiger partial charge >= 0.3 is 0 Å². The fourth-order valence-corrected chi connectivity index (χ4v) is 4.18. The van der Waals surface area contributed by atoms with Gasteiger partial charge in [0.15, 0.2) is 0 Å². The molecule has 0 atom stereocenters. The number of hydrogen-bond acceptors (Lipinski definition) is 4. The van der Waals surface area contributed by atoms with E-state index in [0.29, 0.717) is 17.1 Å². The predicted octanol–water partition coefficient (Wildman–Crippen LogP) is 3.42. The Kier molecular flexibility index (Phi) is 6.49. The molecule has 0 spiro atoms. The fraction of sp³-hybridized carbons (Fsp3) is 0.350. The van der Waals surface area contributed by atoms with Gasteiger partial charge in [-0.3, -0.25) is 9.10 Å². The van der Waals surface area contributed by atoms with E-state index in [4.69, 9.17) is 4.74 Å². The van der Waals surface area contributed by atoms with E-state index < -0.39 is 10.0 Å². The SMILES string of the molecule is COc1cccc(NC(=O)CCN(c2c(C)cc(C)cc2C)S(C)(=O)=O)c1. The Morgan fingerprint density at radius 3 is 2.30 bits per heavy atom. The number of nitrogens with one attached hydrogen (secondary N) is 1. The third-order valence-corrected chi connectivity index (χ3v) is 5.35. The molecule has 7 heteroatoms. The summed E-state index contributed by atoms with van der Waals surface area (Å²) >= 11 is 0. The monoisotopic (exact) mass is 390 g/mol. The zero-order valence-corrected chi connectivity index (χ0v) is 17.2. The lowest BCUT2D eigenvalue weighted by atomic mass is 10.1. The van der Waals surface area contributed by atoms with Crippen LogP contribution in [0.3, 0.4) is 0 Å². The maximum atomic E-state index is 12.4. The number of anilines is 2. The molecule has 0 aliphatic carbocycles. The molecule has 0 aromatic heterocycles. The molecule has 0 radical (unpaired) electrons. The third kappa shape index (κ3) is 5.47. The standard InChI is InChI=1S/C20H26N2O4S/c1-14-11-15(2)20(16(3)12-14)22(27(5,24)25)10-9-19(23)21-17-7-6-8-18(13-17)26-4/h6-8,11-13H,9-10H2,1-5H3,(H,21,23). The van der Waals surface area contributed by atoms with Crippen LogP contribution in [0.5, 0.6) is 5.75 Å². The molecule has 2 rings (SSSR count). The summed E-state index contributed by atoms with van der Waals surface area (Å²) in [5.41, 5.74) is 4.04. The largest absolute Gasteiger partial charge is 0.497 e. The van der Waals surface area contributed by atoms with Crippen molar-refractivity contribution in [1.82, 2.24) is 0 Å². The summed E-state index contributed by atoms with van der Waals surface area (Å²) in [7, 11) is -1.97. The van der Waals surface area contributed by atoms with Gasteiger partial charge in [-0.2, -0.15) is 0 Å². The van der Waals surface area contributed by atoms with Crippen molar-refractivity contribution in [2.24, 2.45) is 0 Å². The van der Waals surface area contributed by atoms with Crippen molar-refractivity contribution in [1.29, 1.82) is 0 Å². The van der Waals surface area contributed by atoms with E-state index in [0.717, 1.165) is 22.9 Å². The van der Waals surface area contributed by atoms with Gasteiger partial charge in [-0.25, -0.2) is 8.42 Å². The van der Waals surface area contributed by atoms with Crippen LogP contribution in [0.25, 0.3) is 0 Å². The number of amides is 1. The van der Waals surface area contributed by atoms with E-state index in [2.05, 4.69) is 5.32 Å². The minimum atomic E-state index is -3.52. The molecule has 6 nitrogen and oxygen atoms in total. The molecule has 27 heavy (non-hydrogen) atoms. The summed E-state index contributed by atoms with van der Waals surface area (Å²) in [6.07, 6.45) is 1.20. The molecule has 1 amide bonds. The molecule has 0 fully saturated rings. The molecule has 0 aliphatic heterocycles. The van der Waals surface area contributed by atoms with Gasteiger partial charge in [0.2, 0.25) is 15.9 Å². The van der Waals surface area contributed by atoms with E-state index in [9.17, 15) is 13.2 Å². The highest BCUT2D eigenvalue weighted by Gasteiger charge is 2.22. The van der Waals surface area contributed by atoms with E-state index in [1.165, 1.54) is 4.31 Å². The quantitative estimate of drug-likeness (QED) is 0.786. The van der Waals surface area contributed by atoms with Crippen molar-refractivity contribution in [2.75, 3.05) is 29.5 Å². The maximum absolute atomic E-state index is 12.4. The number of methoxy groups -OCH3 is 1. The van der Waals surface area contributed by atoms with Crippen LogP contribution >= 0.6 is 0 Å². The first kappa shape index (κ1) is 20.8. The number of nitrogens with zero attached hydrogens (tertiary/aromatic N) is 1. The van der Waals surface area contributed by atoms with E-state index in [-0.39, 0.29) is 18.9 Å². The number of hydrogen-bond donors (Lipinski definition) is 1. The van der Waals surface area contributed by atoms with Crippen LogP contribution in [0.4, 0.5) is 11.4 Å². The van der Waals surface area contributed by atoms with Gasteiger partial charge < -0.3 is 10.1 Å². The molecule has 0 heterocycles. The highest BCUT2D eigenvalue weighted by atomic mass is 32.2. The summed E-state index contributed by atoms with van der Waals surface area (Å²) < 4.78 is 31.1. The van der Waals surface area contributed by atoms with Crippen molar-refractivity contribution in [3.8, 4) is 5.75 Å². The molecule has 0 bridgehead atoms. The highest BCUT2D eigenvalue weighted by molar-refractivity contribution is 7.92. The Labute approximate surface area is 161 Å². The highest BCUT2D eigenvalue weighted by Crippen LogP contribution is 2.28. The zero-order valence-electron chi connectivity index (χ0n) is 16.4. The van der Waals surface area contributed by atoms with Gasteiger partial charge in [0, 0.05) is 24.7 Å². The molecule has 0 saturated carbocycles. The number of carbonyl (C=O) groups is 1. The second kappa shape index (κ2) is 8.43. The lowest BCUT2D eigenvalue weighted by Gasteiger charge is -2.26. The summed E-state index contributed by atoms with van der Waals surface area (Å²) in [4.78, 5) is 12.3. The minimum absolute atomic E-state index is 0.0387. The number of ether oxygens (including phenoxy) is 1. The summed E-state index contributed by atoms with van der Waals surface area (Å²) in [5.74, 6) is 0.371.